The minimum atomic E-state index is -2.23. The standard InChI is InChI=1S/C41H48O9/c1-8-27-19-30-31-38(7,22-48-36(45)28-15-11-9-12-16-28)40(31,50-37(46)29-17-13-10-14-18-29)21-25(5)39(33(30)43)20-24(4)34(41(39,47)32(27)42)49-35(44)26(6)23(2)3/h9-20,23,25-26,30-32,34,42,47H,8,21-22H2,1-7H3/t25-,26?,30+,31-,32-,34+,38?,39+,40+,41+/m1/s1. The van der Waals surface area contributed by atoms with Gasteiger partial charge in [-0.1, -0.05) is 90.1 Å². The lowest BCUT2D eigenvalue weighted by Crippen LogP contribution is -2.66. The lowest BCUT2D eigenvalue weighted by atomic mass is 9.58. The van der Waals surface area contributed by atoms with E-state index < -0.39 is 75.8 Å². The van der Waals surface area contributed by atoms with E-state index in [2.05, 4.69) is 0 Å². The highest BCUT2D eigenvalue weighted by atomic mass is 16.6. The van der Waals surface area contributed by atoms with Crippen LogP contribution in [0.15, 0.2) is 84.0 Å². The molecule has 2 aromatic rings. The lowest BCUT2D eigenvalue weighted by molar-refractivity contribution is -0.206. The van der Waals surface area contributed by atoms with Crippen LogP contribution in [0.4, 0.5) is 0 Å². The van der Waals surface area contributed by atoms with Crippen LogP contribution in [0, 0.1) is 40.4 Å². The third kappa shape index (κ3) is 5.02. The number of esters is 3. The van der Waals surface area contributed by atoms with Crippen molar-refractivity contribution < 1.29 is 43.6 Å². The maximum atomic E-state index is 15.3. The Morgan fingerprint density at radius 1 is 0.960 bits per heavy atom. The number of ether oxygens (including phenoxy) is 3. The van der Waals surface area contributed by atoms with Gasteiger partial charge in [-0.15, -0.1) is 0 Å². The summed E-state index contributed by atoms with van der Waals surface area (Å²) in [7, 11) is 0. The van der Waals surface area contributed by atoms with Crippen LogP contribution in [0.1, 0.15) is 82.0 Å². The van der Waals surface area contributed by atoms with E-state index >= 15 is 4.79 Å². The van der Waals surface area contributed by atoms with Gasteiger partial charge in [0, 0.05) is 17.3 Å². The van der Waals surface area contributed by atoms with Crippen LogP contribution in [0.25, 0.3) is 0 Å². The van der Waals surface area contributed by atoms with Crippen molar-refractivity contribution >= 4 is 23.7 Å². The molecule has 2 aromatic carbocycles. The molecule has 0 heterocycles. The van der Waals surface area contributed by atoms with E-state index in [1.54, 1.807) is 86.7 Å². The van der Waals surface area contributed by atoms with E-state index in [-0.39, 0.29) is 24.7 Å². The molecule has 4 aliphatic carbocycles. The van der Waals surface area contributed by atoms with Gasteiger partial charge in [-0.2, -0.15) is 0 Å². The first-order valence-corrected chi connectivity index (χ1v) is 17.7. The van der Waals surface area contributed by atoms with Crippen LogP contribution in [0.2, 0.25) is 0 Å². The van der Waals surface area contributed by atoms with Gasteiger partial charge < -0.3 is 24.4 Å². The Bertz CT molecular complexity index is 1750. The molecule has 2 bridgehead atoms. The Morgan fingerprint density at radius 3 is 2.10 bits per heavy atom. The molecule has 2 unspecified atom stereocenters. The van der Waals surface area contributed by atoms with Gasteiger partial charge in [0.05, 0.1) is 22.5 Å². The van der Waals surface area contributed by atoms with Crippen LogP contribution in [0.3, 0.4) is 0 Å². The highest BCUT2D eigenvalue weighted by Crippen LogP contribution is 2.75. The van der Waals surface area contributed by atoms with Gasteiger partial charge in [-0.25, -0.2) is 9.59 Å². The SMILES string of the molecule is CCC1=C[C@@H]2C(=O)[C@]3(C=C(C)[C@H](OC(=O)C(C)C(C)C)[C@@]3(O)[C@@H]1O)[C@H](C)C[C@]1(OC(=O)c3ccccc3)[C@H]2C1(C)COC(=O)c1ccccc1. The predicted octanol–water partition coefficient (Wildman–Crippen LogP) is 5.89. The fraction of sp³-hybridized carbons (Fsp3) is 0.512. The third-order valence-electron chi connectivity index (χ3n) is 12.4. The second-order valence-electron chi connectivity index (χ2n) is 15.4. The Labute approximate surface area is 293 Å². The van der Waals surface area contributed by atoms with Crippen molar-refractivity contribution in [3.8, 4) is 0 Å². The Balaban J connectivity index is 1.47. The van der Waals surface area contributed by atoms with E-state index in [9.17, 15) is 24.6 Å². The van der Waals surface area contributed by atoms with Crippen molar-refractivity contribution in [2.45, 2.75) is 84.7 Å². The maximum Gasteiger partial charge on any atom is 0.338 e. The summed E-state index contributed by atoms with van der Waals surface area (Å²) < 4.78 is 18.5. The molecular formula is C41H48O9. The first-order valence-electron chi connectivity index (χ1n) is 17.7. The fourth-order valence-electron chi connectivity index (χ4n) is 9.25. The summed E-state index contributed by atoms with van der Waals surface area (Å²) in [5.74, 6) is -4.85. The molecule has 50 heavy (non-hydrogen) atoms. The molecule has 2 fully saturated rings. The van der Waals surface area contributed by atoms with E-state index in [1.165, 1.54) is 0 Å². The molecule has 0 saturated heterocycles. The Kier molecular flexibility index (Phi) is 9.01. The summed E-state index contributed by atoms with van der Waals surface area (Å²) in [5.41, 5.74) is -4.63. The number of carbonyl (C=O) groups excluding carboxylic acids is 4. The van der Waals surface area contributed by atoms with Crippen LogP contribution >= 0.6 is 0 Å². The van der Waals surface area contributed by atoms with E-state index in [0.29, 0.717) is 28.7 Å². The monoisotopic (exact) mass is 684 g/mol. The minimum Gasteiger partial charge on any atom is -0.461 e. The largest absolute Gasteiger partial charge is 0.461 e. The number of aliphatic hydroxyl groups excluding tert-OH is 1. The average molecular weight is 685 g/mol. The summed E-state index contributed by atoms with van der Waals surface area (Å²) in [6.45, 7) is 12.6. The third-order valence-corrected chi connectivity index (χ3v) is 12.4. The number of Topliss-reactive ketones (excluding diaryl/α,β-unsaturated/α-hetero) is 1. The highest BCUT2D eigenvalue weighted by molar-refractivity contribution is 5.97. The number of carbonyl (C=O) groups is 4. The van der Waals surface area contributed by atoms with Crippen LogP contribution in [-0.4, -0.2) is 63.9 Å². The van der Waals surface area contributed by atoms with Gasteiger partial charge >= 0.3 is 17.9 Å². The van der Waals surface area contributed by atoms with Crippen molar-refractivity contribution in [3.05, 3.63) is 95.1 Å². The summed E-state index contributed by atoms with van der Waals surface area (Å²) >= 11 is 0. The van der Waals surface area contributed by atoms with Gasteiger partial charge in [0.2, 0.25) is 0 Å². The molecule has 9 nitrogen and oxygen atoms in total. The zero-order chi connectivity index (χ0) is 36.4. The van der Waals surface area contributed by atoms with Gasteiger partial charge in [0.1, 0.15) is 18.3 Å². The molecule has 4 aliphatic rings. The zero-order valence-electron chi connectivity index (χ0n) is 29.8. The number of allylic oxidation sites excluding steroid dienone is 1. The number of fused-ring (bicyclic) bond motifs is 3. The maximum absolute atomic E-state index is 15.3. The Hall–Kier alpha value is -4.08. The number of ketones is 1. The second kappa shape index (κ2) is 12.6. The zero-order valence-corrected chi connectivity index (χ0v) is 29.8. The quantitative estimate of drug-likeness (QED) is 0.188. The molecule has 1 spiro atoms. The van der Waals surface area contributed by atoms with Gasteiger partial charge in [0.25, 0.3) is 0 Å². The molecular weight excluding hydrogens is 636 g/mol. The van der Waals surface area contributed by atoms with Gasteiger partial charge in [0.15, 0.2) is 17.5 Å². The van der Waals surface area contributed by atoms with Crippen molar-refractivity contribution in [1.29, 1.82) is 0 Å². The predicted molar refractivity (Wildman–Crippen MR) is 185 cm³/mol. The van der Waals surface area contributed by atoms with Gasteiger partial charge in [-0.05, 0) is 67.0 Å². The summed E-state index contributed by atoms with van der Waals surface area (Å²) in [5, 5.41) is 25.1. The molecule has 2 saturated carbocycles. The fourth-order valence-corrected chi connectivity index (χ4v) is 9.25. The number of hydrogen-bond acceptors (Lipinski definition) is 9. The molecule has 0 amide bonds. The van der Waals surface area contributed by atoms with Crippen LogP contribution in [0.5, 0.6) is 0 Å². The summed E-state index contributed by atoms with van der Waals surface area (Å²) in [4.78, 5) is 55.8. The van der Waals surface area contributed by atoms with Crippen molar-refractivity contribution in [3.63, 3.8) is 0 Å². The highest BCUT2D eigenvalue weighted by Gasteiger charge is 2.85. The van der Waals surface area contributed by atoms with Gasteiger partial charge in [-0.3, -0.25) is 9.59 Å². The summed E-state index contributed by atoms with van der Waals surface area (Å²) in [6, 6.07) is 17.2. The number of benzene rings is 2. The second-order valence-corrected chi connectivity index (χ2v) is 15.4. The number of aliphatic hydroxyl groups is 2. The molecule has 6 rings (SSSR count). The molecule has 2 N–H and O–H groups in total. The molecule has 10 atom stereocenters. The molecule has 266 valence electrons. The molecule has 0 aromatic heterocycles. The van der Waals surface area contributed by atoms with E-state index in [0.717, 1.165) is 0 Å². The van der Waals surface area contributed by atoms with Crippen molar-refractivity contribution in [2.24, 2.45) is 40.4 Å². The molecule has 9 heteroatoms. The van der Waals surface area contributed by atoms with E-state index in [4.69, 9.17) is 14.2 Å². The minimum absolute atomic E-state index is 0.0373. The number of rotatable bonds is 9. The first-order chi connectivity index (χ1) is 23.6. The summed E-state index contributed by atoms with van der Waals surface area (Å²) in [6.07, 6.45) is 0.969. The first kappa shape index (κ1) is 35.7. The average Bonchev–Trinajstić information content (AvgIpc) is 3.55. The normalized spacial score (nSPS) is 36.1. The topological polar surface area (TPSA) is 136 Å². The van der Waals surface area contributed by atoms with Crippen molar-refractivity contribution in [1.82, 2.24) is 0 Å². The lowest BCUT2D eigenvalue weighted by Gasteiger charge is -2.49. The smallest absolute Gasteiger partial charge is 0.338 e. The number of hydrogen-bond donors (Lipinski definition) is 2. The van der Waals surface area contributed by atoms with Crippen molar-refractivity contribution in [2.75, 3.05) is 6.61 Å². The molecule has 0 radical (unpaired) electrons. The Morgan fingerprint density at radius 2 is 1.54 bits per heavy atom. The van der Waals surface area contributed by atoms with Crippen LogP contribution < -0.4 is 0 Å². The van der Waals surface area contributed by atoms with Crippen LogP contribution in [-0.2, 0) is 23.8 Å². The molecule has 0 aliphatic heterocycles. The van der Waals surface area contributed by atoms with E-state index in [1.807, 2.05) is 34.6 Å².